The SMILES string of the molecule is Cl.Cl.O=c1c(O)c(O)c1=O.O=c1c(O)c(O)c1=O. The minimum absolute atomic E-state index is 0. The predicted molar refractivity (Wildman–Crippen MR) is 63.9 cm³/mol. The van der Waals surface area contributed by atoms with E-state index in [-0.39, 0.29) is 24.8 Å². The van der Waals surface area contributed by atoms with Crippen LogP contribution in [0.4, 0.5) is 0 Å². The summed E-state index contributed by atoms with van der Waals surface area (Å²) >= 11 is 0. The summed E-state index contributed by atoms with van der Waals surface area (Å²) in [4.78, 5) is 39.8. The van der Waals surface area contributed by atoms with E-state index in [1.807, 2.05) is 0 Å². The number of hydrogen-bond acceptors (Lipinski definition) is 8. The summed E-state index contributed by atoms with van der Waals surface area (Å²) < 4.78 is 0. The highest BCUT2D eigenvalue weighted by Gasteiger charge is 2.18. The van der Waals surface area contributed by atoms with Crippen molar-refractivity contribution >= 4 is 24.8 Å². The van der Waals surface area contributed by atoms with Crippen LogP contribution in [0.2, 0.25) is 0 Å². The lowest BCUT2D eigenvalue weighted by Crippen LogP contribution is -2.28. The zero-order valence-corrected chi connectivity index (χ0v) is 9.87. The summed E-state index contributed by atoms with van der Waals surface area (Å²) in [5.41, 5.74) is -4.05. The minimum Gasteiger partial charge on any atom is -0.501 e. The monoisotopic (exact) mass is 300 g/mol. The number of aromatic hydroxyl groups is 4. The molecular weight excluding hydrogens is 295 g/mol. The Balaban J connectivity index is 0. The van der Waals surface area contributed by atoms with E-state index in [4.69, 9.17) is 20.4 Å². The van der Waals surface area contributed by atoms with Crippen molar-refractivity contribution in [3.63, 3.8) is 0 Å². The topological polar surface area (TPSA) is 149 Å². The smallest absolute Gasteiger partial charge is 0.275 e. The first-order chi connectivity index (χ1) is 7.29. The highest BCUT2D eigenvalue weighted by molar-refractivity contribution is 5.85. The van der Waals surface area contributed by atoms with Gasteiger partial charge < -0.3 is 20.4 Å². The van der Waals surface area contributed by atoms with Gasteiger partial charge in [-0.3, -0.25) is 19.2 Å². The third-order valence-corrected chi connectivity index (χ3v) is 1.72. The molecule has 2 aromatic carbocycles. The Labute approximate surface area is 110 Å². The van der Waals surface area contributed by atoms with Gasteiger partial charge in [-0.1, -0.05) is 0 Å². The second-order valence-corrected chi connectivity index (χ2v) is 2.71. The van der Waals surface area contributed by atoms with Crippen LogP contribution in [0.25, 0.3) is 0 Å². The fourth-order valence-corrected chi connectivity index (χ4v) is 0.735. The van der Waals surface area contributed by atoms with Gasteiger partial charge in [0.15, 0.2) is 0 Å². The van der Waals surface area contributed by atoms with Crippen molar-refractivity contribution in [1.29, 1.82) is 0 Å². The van der Waals surface area contributed by atoms with E-state index >= 15 is 0 Å². The van der Waals surface area contributed by atoms with Crippen LogP contribution in [-0.2, 0) is 0 Å². The van der Waals surface area contributed by atoms with Crippen molar-refractivity contribution in [1.82, 2.24) is 0 Å². The molecular formula is C8H6Cl2O8. The van der Waals surface area contributed by atoms with Crippen LogP contribution < -0.4 is 21.7 Å². The van der Waals surface area contributed by atoms with Crippen molar-refractivity contribution in [2.75, 3.05) is 0 Å². The molecule has 0 saturated carbocycles. The average Bonchev–Trinajstić information content (AvgIpc) is 2.34. The maximum absolute atomic E-state index is 9.95. The Morgan fingerprint density at radius 2 is 0.556 bits per heavy atom. The molecule has 0 bridgehead atoms. The van der Waals surface area contributed by atoms with Crippen molar-refractivity contribution in [3.05, 3.63) is 40.9 Å². The van der Waals surface area contributed by atoms with Gasteiger partial charge in [-0.25, -0.2) is 0 Å². The van der Waals surface area contributed by atoms with Gasteiger partial charge in [0.2, 0.25) is 23.0 Å². The Morgan fingerprint density at radius 3 is 0.611 bits per heavy atom. The van der Waals surface area contributed by atoms with Crippen LogP contribution in [0.3, 0.4) is 0 Å². The van der Waals surface area contributed by atoms with Crippen molar-refractivity contribution < 1.29 is 20.4 Å². The lowest BCUT2D eigenvalue weighted by Gasteiger charge is -1.92. The molecule has 2 rings (SSSR count). The molecule has 0 amide bonds. The highest BCUT2D eigenvalue weighted by atomic mass is 35.5. The Bertz CT molecular complexity index is 566. The summed E-state index contributed by atoms with van der Waals surface area (Å²) in [5, 5.41) is 32.9. The average molecular weight is 301 g/mol. The second kappa shape index (κ2) is 6.03. The van der Waals surface area contributed by atoms with Crippen LogP contribution in [0.15, 0.2) is 19.2 Å². The van der Waals surface area contributed by atoms with Gasteiger partial charge in [0, 0.05) is 0 Å². The highest BCUT2D eigenvalue weighted by Crippen LogP contribution is 2.14. The van der Waals surface area contributed by atoms with Gasteiger partial charge >= 0.3 is 0 Å². The van der Waals surface area contributed by atoms with E-state index in [1.54, 1.807) is 0 Å². The van der Waals surface area contributed by atoms with Gasteiger partial charge in [-0.15, -0.1) is 24.8 Å². The number of halogens is 2. The summed E-state index contributed by atoms with van der Waals surface area (Å²) in [6.45, 7) is 0. The van der Waals surface area contributed by atoms with E-state index in [2.05, 4.69) is 0 Å². The Hall–Kier alpha value is -2.06. The van der Waals surface area contributed by atoms with Crippen molar-refractivity contribution in [2.45, 2.75) is 0 Å². The van der Waals surface area contributed by atoms with Crippen LogP contribution in [0.1, 0.15) is 0 Å². The van der Waals surface area contributed by atoms with Crippen molar-refractivity contribution in [2.24, 2.45) is 0 Å². The molecule has 100 valence electrons. The van der Waals surface area contributed by atoms with Gasteiger partial charge in [0.25, 0.3) is 21.7 Å². The van der Waals surface area contributed by atoms with Crippen molar-refractivity contribution in [3.8, 4) is 23.0 Å². The lowest BCUT2D eigenvalue weighted by molar-refractivity contribution is 0.384. The molecule has 0 aliphatic carbocycles. The molecule has 0 radical (unpaired) electrons. The van der Waals surface area contributed by atoms with Crippen LogP contribution in [-0.4, -0.2) is 20.4 Å². The first-order valence-electron chi connectivity index (χ1n) is 3.71. The number of rotatable bonds is 0. The molecule has 0 saturated heterocycles. The van der Waals surface area contributed by atoms with Gasteiger partial charge in [0.05, 0.1) is 0 Å². The molecule has 0 heterocycles. The van der Waals surface area contributed by atoms with Gasteiger partial charge in [-0.05, 0) is 0 Å². The molecule has 0 fully saturated rings. The minimum atomic E-state index is -1.01. The molecule has 18 heavy (non-hydrogen) atoms. The number of hydrogen-bond donors (Lipinski definition) is 4. The van der Waals surface area contributed by atoms with E-state index in [1.165, 1.54) is 0 Å². The molecule has 8 nitrogen and oxygen atoms in total. The molecule has 0 aromatic heterocycles. The molecule has 0 spiro atoms. The molecule has 10 heteroatoms. The quantitative estimate of drug-likeness (QED) is 0.418. The summed E-state index contributed by atoms with van der Waals surface area (Å²) in [5.74, 6) is -3.30. The van der Waals surface area contributed by atoms with Crippen LogP contribution in [0.5, 0.6) is 23.0 Å². The van der Waals surface area contributed by atoms with E-state index < -0.39 is 44.7 Å². The molecule has 4 N–H and O–H groups in total. The second-order valence-electron chi connectivity index (χ2n) is 2.71. The maximum atomic E-state index is 9.95. The lowest BCUT2D eigenvalue weighted by atomic mass is 10.2. The third kappa shape index (κ3) is 2.60. The predicted octanol–water partition coefficient (Wildman–Crippen LogP) is -1.77. The van der Waals surface area contributed by atoms with Crippen LogP contribution in [0, 0.1) is 0 Å². The summed E-state index contributed by atoms with van der Waals surface area (Å²) in [6, 6.07) is 0. The fourth-order valence-electron chi connectivity index (χ4n) is 0.735. The standard InChI is InChI=1S/2C4H2O4.2ClH/c2*5-1-2(6)4(8)3(1)7;;/h2*5-6H;2*1H. The Kier molecular flexibility index (Phi) is 6.13. The Morgan fingerprint density at radius 1 is 0.444 bits per heavy atom. The first kappa shape index (κ1) is 18.3. The molecule has 0 aliphatic rings. The molecule has 0 aliphatic heterocycles. The molecule has 0 unspecified atom stereocenters. The van der Waals surface area contributed by atoms with E-state index in [9.17, 15) is 19.2 Å². The molecule has 0 atom stereocenters. The summed E-state index contributed by atoms with van der Waals surface area (Å²) in [6.07, 6.45) is 0. The largest absolute Gasteiger partial charge is 0.501 e. The summed E-state index contributed by atoms with van der Waals surface area (Å²) in [7, 11) is 0. The van der Waals surface area contributed by atoms with Gasteiger partial charge in [-0.2, -0.15) is 0 Å². The normalized spacial score (nSPS) is 8.89. The first-order valence-corrected chi connectivity index (χ1v) is 3.71. The molecule has 2 aromatic rings. The van der Waals surface area contributed by atoms with E-state index in [0.717, 1.165) is 0 Å². The van der Waals surface area contributed by atoms with Crippen LogP contribution >= 0.6 is 24.8 Å². The fraction of sp³-hybridized carbons (Fsp3) is 0. The van der Waals surface area contributed by atoms with E-state index in [0.29, 0.717) is 0 Å². The zero-order valence-electron chi connectivity index (χ0n) is 8.24. The third-order valence-electron chi connectivity index (χ3n) is 1.72. The zero-order chi connectivity index (χ0) is 12.6. The maximum Gasteiger partial charge on any atom is 0.275 e. The van der Waals surface area contributed by atoms with Gasteiger partial charge in [0.1, 0.15) is 0 Å².